The van der Waals surface area contributed by atoms with Crippen LogP contribution in [0.25, 0.3) is 21.8 Å². The number of benzene rings is 3. The van der Waals surface area contributed by atoms with Crippen molar-refractivity contribution in [2.24, 2.45) is 5.10 Å². The van der Waals surface area contributed by atoms with Crippen molar-refractivity contribution < 1.29 is 14.4 Å². The largest absolute Gasteiger partial charge is 0.341 e. The third-order valence-electron chi connectivity index (χ3n) is 5.74. The number of carbonyl (C=O) groups excluding carboxylic acids is 3. The number of nitrogens with one attached hydrogen (secondary N) is 3. The van der Waals surface area contributed by atoms with Crippen LogP contribution in [0.3, 0.4) is 0 Å². The molecule has 0 bridgehead atoms. The molecule has 0 fully saturated rings. The maximum absolute atomic E-state index is 12.6. The van der Waals surface area contributed by atoms with Gasteiger partial charge in [0, 0.05) is 45.4 Å². The number of fused-ring (bicyclic) bond motifs is 3. The van der Waals surface area contributed by atoms with Crippen LogP contribution in [-0.2, 0) is 20.9 Å². The molecule has 3 N–H and O–H groups in total. The molecule has 3 aromatic carbocycles. The quantitative estimate of drug-likeness (QED) is 0.219. The Kier molecular flexibility index (Phi) is 6.91. The van der Waals surface area contributed by atoms with Crippen LogP contribution in [0.15, 0.2) is 71.8 Å². The lowest BCUT2D eigenvalue weighted by atomic mass is 10.1. The number of hydrazone groups is 1. The summed E-state index contributed by atoms with van der Waals surface area (Å²) in [6.07, 6.45) is -0.0333. The number of rotatable bonds is 6. The molecule has 0 radical (unpaired) electrons. The van der Waals surface area contributed by atoms with E-state index in [1.807, 2.05) is 49.4 Å². The Hall–Kier alpha value is -4.46. The third-order valence-corrected chi connectivity index (χ3v) is 5.74. The van der Waals surface area contributed by atoms with E-state index >= 15 is 0 Å². The molecule has 178 valence electrons. The highest BCUT2D eigenvalue weighted by Gasteiger charge is 2.15. The number of amides is 3. The van der Waals surface area contributed by atoms with Gasteiger partial charge in [0.1, 0.15) is 0 Å². The van der Waals surface area contributed by atoms with Crippen LogP contribution in [0.5, 0.6) is 0 Å². The first-order chi connectivity index (χ1) is 16.9. The van der Waals surface area contributed by atoms with Crippen LogP contribution in [0.2, 0.25) is 0 Å². The number of aryl methyl sites for hydroxylation is 2. The van der Waals surface area contributed by atoms with Crippen molar-refractivity contribution in [2.45, 2.75) is 33.7 Å². The van der Waals surface area contributed by atoms with Gasteiger partial charge in [-0.3, -0.25) is 14.4 Å². The Morgan fingerprint density at radius 1 is 0.857 bits per heavy atom. The Labute approximate surface area is 203 Å². The van der Waals surface area contributed by atoms with Crippen molar-refractivity contribution in [3.05, 3.63) is 72.3 Å². The molecule has 0 atom stereocenters. The number of hydrogen-bond donors (Lipinski definition) is 3. The molecule has 0 aliphatic carbocycles. The Bertz CT molecular complexity index is 1470. The second kappa shape index (κ2) is 10.2. The predicted octanol–water partition coefficient (Wildman–Crippen LogP) is 4.58. The molecule has 35 heavy (non-hydrogen) atoms. The summed E-state index contributed by atoms with van der Waals surface area (Å²) in [7, 11) is 0. The first-order valence-corrected chi connectivity index (χ1v) is 11.4. The van der Waals surface area contributed by atoms with E-state index in [9.17, 15) is 14.4 Å². The molecule has 0 aliphatic heterocycles. The summed E-state index contributed by atoms with van der Waals surface area (Å²) < 4.78 is 2.24. The van der Waals surface area contributed by atoms with Crippen LogP contribution in [0, 0.1) is 6.92 Å². The monoisotopic (exact) mass is 469 g/mol. The molecular weight excluding hydrogens is 442 g/mol. The Morgan fingerprint density at radius 2 is 1.57 bits per heavy atom. The molecule has 1 aromatic heterocycles. The lowest BCUT2D eigenvalue weighted by Crippen LogP contribution is -2.33. The summed E-state index contributed by atoms with van der Waals surface area (Å²) in [4.78, 5) is 36.7. The lowest BCUT2D eigenvalue weighted by Gasteiger charge is -2.08. The first-order valence-electron chi connectivity index (χ1n) is 11.4. The average molecular weight is 470 g/mol. The number of anilines is 2. The molecule has 0 saturated carbocycles. The number of carbonyl (C=O) groups is 3. The summed E-state index contributed by atoms with van der Waals surface area (Å²) in [5.41, 5.74) is 6.88. The standard InChI is InChI=1S/C27H27N5O3/c1-4-32-23-12-8-6-10-20(23)21-16-19(13-14-24(21)32)28-25(33)15-18(3)30-31-27(35)26(34)29-22-11-7-5-9-17(22)2/h5-14,16H,4,15H2,1-3H3,(H,28,33)(H,29,34)(H,31,35)/b30-18-. The van der Waals surface area contributed by atoms with E-state index in [-0.39, 0.29) is 12.3 Å². The van der Waals surface area contributed by atoms with Crippen molar-refractivity contribution in [3.8, 4) is 0 Å². The fourth-order valence-corrected chi connectivity index (χ4v) is 4.04. The molecule has 0 saturated heterocycles. The zero-order valence-electron chi connectivity index (χ0n) is 19.9. The second-order valence-electron chi connectivity index (χ2n) is 8.28. The van der Waals surface area contributed by atoms with Gasteiger partial charge < -0.3 is 15.2 Å². The van der Waals surface area contributed by atoms with E-state index in [4.69, 9.17) is 0 Å². The molecule has 4 aromatic rings. The SMILES string of the molecule is CCn1c2ccccc2c2cc(NC(=O)C/C(C)=N\NC(=O)C(=O)Nc3ccccc3C)ccc21. The van der Waals surface area contributed by atoms with E-state index in [0.717, 1.165) is 33.9 Å². The molecule has 0 spiro atoms. The average Bonchev–Trinajstić information content (AvgIpc) is 3.16. The smallest absolute Gasteiger partial charge is 0.329 e. The molecule has 3 amide bonds. The molecule has 0 unspecified atom stereocenters. The molecule has 4 rings (SSSR count). The molecule has 8 nitrogen and oxygen atoms in total. The normalized spacial score (nSPS) is 11.5. The van der Waals surface area contributed by atoms with Gasteiger partial charge in [-0.2, -0.15) is 5.10 Å². The Morgan fingerprint density at radius 3 is 2.34 bits per heavy atom. The van der Waals surface area contributed by atoms with Gasteiger partial charge in [0.15, 0.2) is 0 Å². The summed E-state index contributed by atoms with van der Waals surface area (Å²) in [5, 5.41) is 11.5. The van der Waals surface area contributed by atoms with Gasteiger partial charge in [-0.25, -0.2) is 5.43 Å². The van der Waals surface area contributed by atoms with Crippen molar-refractivity contribution in [1.29, 1.82) is 0 Å². The summed E-state index contributed by atoms with van der Waals surface area (Å²) in [6.45, 7) is 6.39. The van der Waals surface area contributed by atoms with Gasteiger partial charge in [0.25, 0.3) is 0 Å². The zero-order valence-corrected chi connectivity index (χ0v) is 19.9. The number of hydrogen-bond acceptors (Lipinski definition) is 4. The van der Waals surface area contributed by atoms with Crippen molar-refractivity contribution in [1.82, 2.24) is 9.99 Å². The maximum atomic E-state index is 12.6. The minimum absolute atomic E-state index is 0.0333. The van der Waals surface area contributed by atoms with E-state index in [1.54, 1.807) is 19.1 Å². The van der Waals surface area contributed by atoms with Gasteiger partial charge in [-0.15, -0.1) is 0 Å². The zero-order chi connectivity index (χ0) is 24.9. The van der Waals surface area contributed by atoms with Crippen LogP contribution in [0.1, 0.15) is 25.8 Å². The highest BCUT2D eigenvalue weighted by Crippen LogP contribution is 2.31. The van der Waals surface area contributed by atoms with Gasteiger partial charge in [0.05, 0.1) is 6.42 Å². The number of para-hydroxylation sites is 2. The van der Waals surface area contributed by atoms with Crippen molar-refractivity contribution in [3.63, 3.8) is 0 Å². The maximum Gasteiger partial charge on any atom is 0.329 e. The van der Waals surface area contributed by atoms with Crippen molar-refractivity contribution >= 4 is 56.6 Å². The van der Waals surface area contributed by atoms with Crippen LogP contribution in [0.4, 0.5) is 11.4 Å². The fourth-order valence-electron chi connectivity index (χ4n) is 4.04. The van der Waals surface area contributed by atoms with Gasteiger partial charge in [-0.1, -0.05) is 36.4 Å². The number of aromatic nitrogens is 1. The van der Waals surface area contributed by atoms with E-state index in [1.165, 1.54) is 0 Å². The lowest BCUT2D eigenvalue weighted by molar-refractivity contribution is -0.136. The topological polar surface area (TPSA) is 105 Å². The molecular formula is C27H27N5O3. The van der Waals surface area contributed by atoms with Gasteiger partial charge in [-0.05, 0) is 56.7 Å². The minimum atomic E-state index is -0.911. The summed E-state index contributed by atoms with van der Waals surface area (Å²) in [6, 6.07) is 21.2. The third kappa shape index (κ3) is 5.22. The van der Waals surface area contributed by atoms with Gasteiger partial charge in [0.2, 0.25) is 5.91 Å². The van der Waals surface area contributed by atoms with Crippen LogP contribution in [-0.4, -0.2) is 28.0 Å². The van der Waals surface area contributed by atoms with E-state index in [2.05, 4.69) is 44.8 Å². The van der Waals surface area contributed by atoms with E-state index in [0.29, 0.717) is 17.1 Å². The predicted molar refractivity (Wildman–Crippen MR) is 139 cm³/mol. The van der Waals surface area contributed by atoms with E-state index < -0.39 is 11.8 Å². The molecule has 1 heterocycles. The first kappa shape index (κ1) is 23.7. The fraction of sp³-hybridized carbons (Fsp3) is 0.185. The molecule has 0 aliphatic rings. The highest BCUT2D eigenvalue weighted by molar-refractivity contribution is 6.39. The Balaban J connectivity index is 1.38. The summed E-state index contributed by atoms with van der Waals surface area (Å²) in [5.74, 6) is -2.02. The van der Waals surface area contributed by atoms with Crippen molar-refractivity contribution in [2.75, 3.05) is 10.6 Å². The second-order valence-corrected chi connectivity index (χ2v) is 8.28. The van der Waals surface area contributed by atoms with Crippen LogP contribution >= 0.6 is 0 Å². The minimum Gasteiger partial charge on any atom is -0.341 e. The van der Waals surface area contributed by atoms with Crippen LogP contribution < -0.4 is 16.1 Å². The highest BCUT2D eigenvalue weighted by atomic mass is 16.2. The summed E-state index contributed by atoms with van der Waals surface area (Å²) >= 11 is 0. The number of nitrogens with zero attached hydrogens (tertiary/aromatic N) is 2. The molecule has 8 heteroatoms. The van der Waals surface area contributed by atoms with Gasteiger partial charge >= 0.3 is 11.8 Å².